The van der Waals surface area contributed by atoms with E-state index in [9.17, 15) is 9.59 Å². The first-order chi connectivity index (χ1) is 10.1. The Kier molecular flexibility index (Phi) is 5.16. The Morgan fingerprint density at radius 2 is 2.19 bits per heavy atom. The maximum atomic E-state index is 12.0. The lowest BCUT2D eigenvalue weighted by atomic mass is 10.2. The van der Waals surface area contributed by atoms with Gasteiger partial charge in [0.05, 0.1) is 16.6 Å². The van der Waals surface area contributed by atoms with Gasteiger partial charge in [0.2, 0.25) is 0 Å². The molecule has 1 aromatic carbocycles. The highest BCUT2D eigenvalue weighted by Crippen LogP contribution is 2.13. The van der Waals surface area contributed by atoms with E-state index in [0.29, 0.717) is 23.2 Å². The molecule has 0 aliphatic rings. The van der Waals surface area contributed by atoms with Gasteiger partial charge in [0.1, 0.15) is 5.75 Å². The average molecular weight is 351 g/mol. The van der Waals surface area contributed by atoms with Crippen molar-refractivity contribution in [2.45, 2.75) is 13.5 Å². The molecule has 1 aromatic heterocycles. The van der Waals surface area contributed by atoms with Crippen molar-refractivity contribution in [1.29, 1.82) is 0 Å². The van der Waals surface area contributed by atoms with Gasteiger partial charge in [0.15, 0.2) is 0 Å². The summed E-state index contributed by atoms with van der Waals surface area (Å²) >= 11 is 3.10. The molecule has 21 heavy (non-hydrogen) atoms. The molecule has 2 aromatic rings. The SMILES string of the molecule is CCOc1cccc(CNC(=O)c2c[nH]c(=O)c(Br)c2)c1. The number of ether oxygens (including phenoxy) is 1. The van der Waals surface area contributed by atoms with Crippen molar-refractivity contribution in [3.63, 3.8) is 0 Å². The molecular formula is C15H15BrN2O3. The van der Waals surface area contributed by atoms with Gasteiger partial charge in [0.25, 0.3) is 11.5 Å². The second kappa shape index (κ2) is 7.08. The van der Waals surface area contributed by atoms with E-state index < -0.39 is 0 Å². The molecule has 6 heteroatoms. The van der Waals surface area contributed by atoms with E-state index in [-0.39, 0.29) is 11.5 Å². The summed E-state index contributed by atoms with van der Waals surface area (Å²) in [7, 11) is 0. The second-order valence-electron chi connectivity index (χ2n) is 4.33. The fourth-order valence-electron chi connectivity index (χ4n) is 1.78. The first-order valence-electron chi connectivity index (χ1n) is 6.48. The lowest BCUT2D eigenvalue weighted by molar-refractivity contribution is 0.0950. The Labute approximate surface area is 130 Å². The van der Waals surface area contributed by atoms with Crippen LogP contribution in [-0.4, -0.2) is 17.5 Å². The van der Waals surface area contributed by atoms with Crippen LogP contribution in [0.4, 0.5) is 0 Å². The monoisotopic (exact) mass is 350 g/mol. The van der Waals surface area contributed by atoms with E-state index >= 15 is 0 Å². The number of carbonyl (C=O) groups is 1. The van der Waals surface area contributed by atoms with Gasteiger partial charge in [0, 0.05) is 12.7 Å². The standard InChI is InChI=1S/C15H15BrN2O3/c1-2-21-12-5-3-4-10(6-12)8-17-14(19)11-7-13(16)15(20)18-9-11/h3-7,9H,2,8H2,1H3,(H,17,19)(H,18,20). The first kappa shape index (κ1) is 15.3. The molecule has 0 saturated carbocycles. The molecule has 1 amide bonds. The Bertz CT molecular complexity index is 697. The van der Waals surface area contributed by atoms with Gasteiger partial charge in [-0.15, -0.1) is 0 Å². The summed E-state index contributed by atoms with van der Waals surface area (Å²) in [6.45, 7) is 2.90. The van der Waals surface area contributed by atoms with Crippen molar-refractivity contribution in [2.75, 3.05) is 6.61 Å². The molecule has 0 unspecified atom stereocenters. The van der Waals surface area contributed by atoms with Crippen molar-refractivity contribution in [1.82, 2.24) is 10.3 Å². The summed E-state index contributed by atoms with van der Waals surface area (Å²) in [5.74, 6) is 0.518. The van der Waals surface area contributed by atoms with Gasteiger partial charge >= 0.3 is 0 Å². The largest absolute Gasteiger partial charge is 0.494 e. The number of benzene rings is 1. The number of nitrogens with one attached hydrogen (secondary N) is 2. The smallest absolute Gasteiger partial charge is 0.262 e. The zero-order chi connectivity index (χ0) is 15.2. The predicted octanol–water partition coefficient (Wildman–Crippen LogP) is 2.47. The molecule has 0 bridgehead atoms. The molecular weight excluding hydrogens is 336 g/mol. The fraction of sp³-hybridized carbons (Fsp3) is 0.200. The zero-order valence-corrected chi connectivity index (χ0v) is 13.1. The number of pyridine rings is 1. The van der Waals surface area contributed by atoms with Crippen molar-refractivity contribution >= 4 is 21.8 Å². The van der Waals surface area contributed by atoms with Crippen LogP contribution in [0.3, 0.4) is 0 Å². The Hall–Kier alpha value is -2.08. The van der Waals surface area contributed by atoms with Crippen LogP contribution < -0.4 is 15.6 Å². The maximum absolute atomic E-state index is 12.0. The fourth-order valence-corrected chi connectivity index (χ4v) is 2.14. The van der Waals surface area contributed by atoms with E-state index in [2.05, 4.69) is 26.2 Å². The topological polar surface area (TPSA) is 71.2 Å². The first-order valence-corrected chi connectivity index (χ1v) is 7.27. The highest BCUT2D eigenvalue weighted by atomic mass is 79.9. The Morgan fingerprint density at radius 3 is 2.90 bits per heavy atom. The van der Waals surface area contributed by atoms with Crippen molar-refractivity contribution in [3.8, 4) is 5.75 Å². The number of aromatic nitrogens is 1. The molecule has 5 nitrogen and oxygen atoms in total. The van der Waals surface area contributed by atoms with Crippen LogP contribution >= 0.6 is 15.9 Å². The van der Waals surface area contributed by atoms with Crippen LogP contribution in [0.1, 0.15) is 22.8 Å². The third-order valence-corrected chi connectivity index (χ3v) is 3.37. The van der Waals surface area contributed by atoms with Gasteiger partial charge in [-0.2, -0.15) is 0 Å². The second-order valence-corrected chi connectivity index (χ2v) is 5.18. The van der Waals surface area contributed by atoms with Crippen molar-refractivity contribution in [2.24, 2.45) is 0 Å². The van der Waals surface area contributed by atoms with Gasteiger partial charge in [-0.3, -0.25) is 9.59 Å². The van der Waals surface area contributed by atoms with Crippen LogP contribution in [0.15, 0.2) is 45.8 Å². The zero-order valence-electron chi connectivity index (χ0n) is 11.5. The summed E-state index contributed by atoms with van der Waals surface area (Å²) in [6, 6.07) is 9.03. The van der Waals surface area contributed by atoms with Crippen LogP contribution in [0.5, 0.6) is 5.75 Å². The predicted molar refractivity (Wildman–Crippen MR) is 83.5 cm³/mol. The highest BCUT2D eigenvalue weighted by Gasteiger charge is 2.07. The molecule has 0 aliphatic heterocycles. The van der Waals surface area contributed by atoms with Crippen molar-refractivity contribution < 1.29 is 9.53 Å². The molecule has 0 saturated heterocycles. The van der Waals surface area contributed by atoms with E-state index in [1.54, 1.807) is 0 Å². The van der Waals surface area contributed by atoms with Crippen LogP contribution in [-0.2, 0) is 6.54 Å². The molecule has 1 heterocycles. The molecule has 0 atom stereocenters. The molecule has 0 radical (unpaired) electrons. The summed E-state index contributed by atoms with van der Waals surface area (Å²) < 4.78 is 5.74. The molecule has 0 spiro atoms. The van der Waals surface area contributed by atoms with E-state index in [1.807, 2.05) is 31.2 Å². The number of aromatic amines is 1. The van der Waals surface area contributed by atoms with Gasteiger partial charge in [-0.05, 0) is 46.6 Å². The molecule has 2 N–H and O–H groups in total. The summed E-state index contributed by atoms with van der Waals surface area (Å²) in [5.41, 5.74) is 1.07. The number of carbonyl (C=O) groups excluding carboxylic acids is 1. The Balaban J connectivity index is 2.02. The average Bonchev–Trinajstić information content (AvgIpc) is 2.48. The van der Waals surface area contributed by atoms with Crippen LogP contribution in [0.2, 0.25) is 0 Å². The normalized spacial score (nSPS) is 10.2. The molecule has 2 rings (SSSR count). The quantitative estimate of drug-likeness (QED) is 0.869. The lowest BCUT2D eigenvalue weighted by Crippen LogP contribution is -2.24. The van der Waals surface area contributed by atoms with E-state index in [4.69, 9.17) is 4.74 Å². The summed E-state index contributed by atoms with van der Waals surface area (Å²) in [5, 5.41) is 2.79. The number of H-pyrrole nitrogens is 1. The third kappa shape index (κ3) is 4.19. The van der Waals surface area contributed by atoms with Crippen LogP contribution in [0.25, 0.3) is 0 Å². The third-order valence-electron chi connectivity index (χ3n) is 2.78. The van der Waals surface area contributed by atoms with Crippen molar-refractivity contribution in [3.05, 3.63) is 62.5 Å². The summed E-state index contributed by atoms with van der Waals surface area (Å²) in [6.07, 6.45) is 1.39. The number of hydrogen-bond donors (Lipinski definition) is 2. The lowest BCUT2D eigenvalue weighted by Gasteiger charge is -2.08. The molecule has 110 valence electrons. The van der Waals surface area contributed by atoms with Crippen LogP contribution in [0, 0.1) is 0 Å². The maximum Gasteiger partial charge on any atom is 0.262 e. The number of rotatable bonds is 5. The number of halogens is 1. The van der Waals surface area contributed by atoms with Gasteiger partial charge in [-0.25, -0.2) is 0 Å². The number of amides is 1. The minimum absolute atomic E-state index is 0.256. The van der Waals surface area contributed by atoms with Gasteiger partial charge in [-0.1, -0.05) is 12.1 Å². The highest BCUT2D eigenvalue weighted by molar-refractivity contribution is 9.10. The Morgan fingerprint density at radius 1 is 1.38 bits per heavy atom. The minimum Gasteiger partial charge on any atom is -0.494 e. The van der Waals surface area contributed by atoms with E-state index in [1.165, 1.54) is 12.3 Å². The summed E-state index contributed by atoms with van der Waals surface area (Å²) in [4.78, 5) is 25.7. The molecule has 0 fully saturated rings. The van der Waals surface area contributed by atoms with E-state index in [0.717, 1.165) is 11.3 Å². The van der Waals surface area contributed by atoms with Gasteiger partial charge < -0.3 is 15.0 Å². The molecule has 0 aliphatic carbocycles. The number of hydrogen-bond acceptors (Lipinski definition) is 3. The minimum atomic E-state index is -0.268.